The Bertz CT molecular complexity index is 1410. The maximum Gasteiger partial charge on any atom is 0.296 e. The average molecular weight is 443 g/mol. The highest BCUT2D eigenvalue weighted by Crippen LogP contribution is 2.31. The number of amides is 1. The van der Waals surface area contributed by atoms with E-state index >= 15 is 0 Å². The Morgan fingerprint density at radius 3 is 2.55 bits per heavy atom. The van der Waals surface area contributed by atoms with E-state index in [9.17, 15) is 9.59 Å². The van der Waals surface area contributed by atoms with Gasteiger partial charge < -0.3 is 9.88 Å². The van der Waals surface area contributed by atoms with Crippen molar-refractivity contribution in [3.05, 3.63) is 70.1 Å². The van der Waals surface area contributed by atoms with Crippen LogP contribution in [-0.4, -0.2) is 26.3 Å². The van der Waals surface area contributed by atoms with E-state index < -0.39 is 0 Å². The lowest BCUT2D eigenvalue weighted by Crippen LogP contribution is -2.44. The molecule has 5 rings (SSSR count). The normalized spacial score (nSPS) is 20.9. The summed E-state index contributed by atoms with van der Waals surface area (Å²) < 4.78 is 3.24. The summed E-state index contributed by atoms with van der Waals surface area (Å²) in [5.74, 6) is 0.743. The van der Waals surface area contributed by atoms with Crippen molar-refractivity contribution in [2.45, 2.75) is 46.1 Å². The smallest absolute Gasteiger partial charge is 0.296 e. The fourth-order valence-electron chi connectivity index (χ4n) is 5.22. The summed E-state index contributed by atoms with van der Waals surface area (Å²) in [4.78, 5) is 27.3. The van der Waals surface area contributed by atoms with Crippen molar-refractivity contribution in [2.24, 2.45) is 18.9 Å². The fraction of sp³-hybridized carbons (Fsp3) is 0.370. The molecule has 0 unspecified atom stereocenters. The minimum Gasteiger partial charge on any atom is -0.348 e. The molecule has 0 saturated heterocycles. The number of nitrogens with zero attached hydrogens (tertiary/aromatic N) is 3. The van der Waals surface area contributed by atoms with Crippen LogP contribution >= 0.6 is 0 Å². The van der Waals surface area contributed by atoms with Gasteiger partial charge in [-0.3, -0.25) is 9.59 Å². The molecule has 33 heavy (non-hydrogen) atoms. The highest BCUT2D eigenvalue weighted by molar-refractivity contribution is 6.16. The van der Waals surface area contributed by atoms with Gasteiger partial charge in [0, 0.05) is 29.4 Å². The van der Waals surface area contributed by atoms with Crippen LogP contribution in [0.5, 0.6) is 0 Å². The van der Waals surface area contributed by atoms with Gasteiger partial charge in [-0.1, -0.05) is 62.6 Å². The number of hydrogen-bond acceptors (Lipinski definition) is 3. The predicted molar refractivity (Wildman–Crippen MR) is 132 cm³/mol. The molecule has 6 heteroatoms. The summed E-state index contributed by atoms with van der Waals surface area (Å²) in [6, 6.07) is 15.5. The molecule has 0 radical (unpaired) electrons. The minimum atomic E-state index is -0.233. The predicted octanol–water partition coefficient (Wildman–Crippen LogP) is 4.74. The van der Waals surface area contributed by atoms with Gasteiger partial charge in [0.2, 0.25) is 0 Å². The van der Waals surface area contributed by atoms with Crippen molar-refractivity contribution in [1.29, 1.82) is 0 Å². The van der Waals surface area contributed by atoms with Crippen LogP contribution < -0.4 is 10.9 Å². The highest BCUT2D eigenvalue weighted by atomic mass is 16.2. The fourth-order valence-corrected chi connectivity index (χ4v) is 5.22. The molecule has 1 saturated carbocycles. The van der Waals surface area contributed by atoms with Crippen LogP contribution in [0.1, 0.15) is 49.2 Å². The summed E-state index contributed by atoms with van der Waals surface area (Å²) >= 11 is 0. The molecule has 1 amide bonds. The van der Waals surface area contributed by atoms with Crippen LogP contribution in [0, 0.1) is 18.8 Å². The molecule has 1 N–H and O–H groups in total. The second-order valence-corrected chi connectivity index (χ2v) is 9.55. The first-order valence-electron chi connectivity index (χ1n) is 11.7. The van der Waals surface area contributed by atoms with E-state index in [1.165, 1.54) is 11.1 Å². The van der Waals surface area contributed by atoms with Crippen molar-refractivity contribution in [2.75, 3.05) is 0 Å². The lowest BCUT2D eigenvalue weighted by atomic mass is 9.78. The highest BCUT2D eigenvalue weighted by Gasteiger charge is 2.30. The van der Waals surface area contributed by atoms with E-state index in [0.29, 0.717) is 34.1 Å². The van der Waals surface area contributed by atoms with E-state index in [1.54, 1.807) is 0 Å². The standard InChI is InChI=1S/C27H30N4O2/c1-16-12-14-19(15-13-16)31-27(33)25-23(20-9-5-6-11-22(20)30(25)4)24(29-31)26(32)28-21-10-7-8-17(2)18(21)3/h5-6,9,11-15,17-18,21H,7-8,10H2,1-4H3,(H,28,32)/t17-,18+,21-/m1/s1. The number of aromatic nitrogens is 3. The zero-order valence-electron chi connectivity index (χ0n) is 19.6. The van der Waals surface area contributed by atoms with Crippen molar-refractivity contribution in [1.82, 2.24) is 19.7 Å². The van der Waals surface area contributed by atoms with Crippen molar-refractivity contribution in [3.63, 3.8) is 0 Å². The van der Waals surface area contributed by atoms with Crippen LogP contribution in [0.3, 0.4) is 0 Å². The molecule has 2 aromatic heterocycles. The molecule has 170 valence electrons. The molecule has 0 bridgehead atoms. The number of nitrogens with one attached hydrogen (secondary N) is 1. The molecule has 2 aromatic carbocycles. The second kappa shape index (κ2) is 8.18. The Balaban J connectivity index is 1.73. The van der Waals surface area contributed by atoms with Crippen LogP contribution in [0.15, 0.2) is 53.3 Å². The molecule has 6 nitrogen and oxygen atoms in total. The third-order valence-corrected chi connectivity index (χ3v) is 7.46. The van der Waals surface area contributed by atoms with Gasteiger partial charge in [0.1, 0.15) is 5.52 Å². The number of benzene rings is 2. The first kappa shape index (κ1) is 21.4. The molecule has 3 atom stereocenters. The number of carbonyl (C=O) groups is 1. The molecule has 1 aliphatic rings. The summed E-state index contributed by atoms with van der Waals surface area (Å²) in [5, 5.41) is 9.40. The third-order valence-electron chi connectivity index (χ3n) is 7.46. The molecule has 0 aliphatic heterocycles. The molecular formula is C27H30N4O2. The Hall–Kier alpha value is -3.41. The van der Waals surface area contributed by atoms with E-state index in [1.807, 2.05) is 67.1 Å². The number of carbonyl (C=O) groups excluding carboxylic acids is 1. The van der Waals surface area contributed by atoms with Gasteiger partial charge >= 0.3 is 0 Å². The zero-order valence-corrected chi connectivity index (χ0v) is 19.6. The first-order chi connectivity index (χ1) is 15.9. The average Bonchev–Trinajstić information content (AvgIpc) is 3.11. The lowest BCUT2D eigenvalue weighted by Gasteiger charge is -2.34. The molecular weight excluding hydrogens is 412 g/mol. The Kier molecular flexibility index (Phi) is 5.31. The quantitative estimate of drug-likeness (QED) is 0.498. The van der Waals surface area contributed by atoms with E-state index in [0.717, 1.165) is 29.3 Å². The lowest BCUT2D eigenvalue weighted by molar-refractivity contribution is 0.0886. The summed E-state index contributed by atoms with van der Waals surface area (Å²) in [7, 11) is 1.87. The maximum atomic E-state index is 13.7. The monoisotopic (exact) mass is 442 g/mol. The SMILES string of the molecule is Cc1ccc(-n2nc(C(=O)N[C@@H]3CCC[C@@H](C)[C@@H]3C)c3c4ccccc4n(C)c3c2=O)cc1. The van der Waals surface area contributed by atoms with Gasteiger partial charge in [0.15, 0.2) is 5.69 Å². The number of aryl methyl sites for hydroxylation is 2. The van der Waals surface area contributed by atoms with E-state index in [2.05, 4.69) is 24.3 Å². The van der Waals surface area contributed by atoms with Crippen LogP contribution in [0.4, 0.5) is 0 Å². The van der Waals surface area contributed by atoms with Crippen molar-refractivity contribution in [3.8, 4) is 5.69 Å². The largest absolute Gasteiger partial charge is 0.348 e. The topological polar surface area (TPSA) is 68.9 Å². The number of para-hydroxylation sites is 1. The second-order valence-electron chi connectivity index (χ2n) is 9.55. The summed E-state index contributed by atoms with van der Waals surface area (Å²) in [6.07, 6.45) is 3.27. The van der Waals surface area contributed by atoms with Gasteiger partial charge in [-0.25, -0.2) is 0 Å². The minimum absolute atomic E-state index is 0.104. The Morgan fingerprint density at radius 2 is 1.79 bits per heavy atom. The van der Waals surface area contributed by atoms with Crippen molar-refractivity contribution >= 4 is 27.7 Å². The molecule has 1 aliphatic carbocycles. The van der Waals surface area contributed by atoms with Gasteiger partial charge in [0.05, 0.1) is 5.69 Å². The molecule has 2 heterocycles. The van der Waals surface area contributed by atoms with Gasteiger partial charge in [-0.05, 0) is 43.4 Å². The summed E-state index contributed by atoms with van der Waals surface area (Å²) in [5.41, 5.74) is 3.20. The number of fused-ring (bicyclic) bond motifs is 3. The van der Waals surface area contributed by atoms with E-state index in [-0.39, 0.29) is 17.5 Å². The number of hydrogen-bond donors (Lipinski definition) is 1. The Labute approximate surface area is 193 Å². The Morgan fingerprint density at radius 1 is 1.06 bits per heavy atom. The van der Waals surface area contributed by atoms with Crippen LogP contribution in [0.2, 0.25) is 0 Å². The van der Waals surface area contributed by atoms with Gasteiger partial charge in [-0.15, -0.1) is 0 Å². The molecule has 0 spiro atoms. The van der Waals surface area contributed by atoms with Gasteiger partial charge in [0.25, 0.3) is 11.5 Å². The molecule has 1 fully saturated rings. The maximum absolute atomic E-state index is 13.7. The first-order valence-corrected chi connectivity index (χ1v) is 11.7. The van der Waals surface area contributed by atoms with E-state index in [4.69, 9.17) is 0 Å². The summed E-state index contributed by atoms with van der Waals surface area (Å²) in [6.45, 7) is 6.46. The number of rotatable bonds is 3. The zero-order chi connectivity index (χ0) is 23.3. The third kappa shape index (κ3) is 3.54. The van der Waals surface area contributed by atoms with Crippen LogP contribution in [-0.2, 0) is 7.05 Å². The molecule has 4 aromatic rings. The van der Waals surface area contributed by atoms with Crippen LogP contribution in [0.25, 0.3) is 27.5 Å². The van der Waals surface area contributed by atoms with Crippen molar-refractivity contribution < 1.29 is 4.79 Å². The van der Waals surface area contributed by atoms with Gasteiger partial charge in [-0.2, -0.15) is 9.78 Å².